The SMILES string of the molecule is CON1C(=O)[C@@]2(C[C@H](O)C3COC2CC3=O)c2ccccc21. The largest absolute Gasteiger partial charge is 0.392 e. The molecule has 0 radical (unpaired) electrons. The second-order valence-corrected chi connectivity index (χ2v) is 6.14. The van der Waals surface area contributed by atoms with E-state index < -0.39 is 23.5 Å². The van der Waals surface area contributed by atoms with Crippen molar-refractivity contribution in [3.05, 3.63) is 29.8 Å². The van der Waals surface area contributed by atoms with Crippen molar-refractivity contribution in [3.8, 4) is 0 Å². The number of amides is 1. The van der Waals surface area contributed by atoms with E-state index in [-0.39, 0.29) is 31.1 Å². The number of rotatable bonds is 1. The van der Waals surface area contributed by atoms with Gasteiger partial charge in [0.25, 0.3) is 5.91 Å². The normalized spacial score (nSPS) is 36.8. The van der Waals surface area contributed by atoms with Gasteiger partial charge in [-0.3, -0.25) is 14.4 Å². The average Bonchev–Trinajstić information content (AvgIpc) is 2.60. The minimum absolute atomic E-state index is 0.0261. The first kappa shape index (κ1) is 13.9. The molecule has 22 heavy (non-hydrogen) atoms. The van der Waals surface area contributed by atoms with E-state index in [4.69, 9.17) is 9.57 Å². The lowest BCUT2D eigenvalue weighted by molar-refractivity contribution is -0.143. The number of carbonyl (C=O) groups excluding carboxylic acids is 2. The van der Waals surface area contributed by atoms with Crippen molar-refractivity contribution in [2.24, 2.45) is 5.92 Å². The zero-order valence-corrected chi connectivity index (χ0v) is 12.2. The van der Waals surface area contributed by atoms with Gasteiger partial charge in [0.05, 0.1) is 37.5 Å². The van der Waals surface area contributed by atoms with Crippen LogP contribution in [0.4, 0.5) is 5.69 Å². The summed E-state index contributed by atoms with van der Waals surface area (Å²) >= 11 is 0. The van der Waals surface area contributed by atoms with Crippen LogP contribution >= 0.6 is 0 Å². The lowest BCUT2D eigenvalue weighted by Crippen LogP contribution is -2.50. The van der Waals surface area contributed by atoms with E-state index in [9.17, 15) is 14.7 Å². The number of aliphatic hydroxyl groups is 1. The van der Waals surface area contributed by atoms with E-state index in [0.717, 1.165) is 5.56 Å². The van der Waals surface area contributed by atoms with E-state index in [1.165, 1.54) is 12.2 Å². The smallest absolute Gasteiger partial charge is 0.264 e. The van der Waals surface area contributed by atoms with Gasteiger partial charge in [-0.1, -0.05) is 18.2 Å². The molecule has 0 aromatic heterocycles. The van der Waals surface area contributed by atoms with Gasteiger partial charge in [0, 0.05) is 6.42 Å². The summed E-state index contributed by atoms with van der Waals surface area (Å²) in [5.74, 6) is -0.829. The van der Waals surface area contributed by atoms with Crippen LogP contribution < -0.4 is 5.06 Å². The first-order valence-electron chi connectivity index (χ1n) is 7.40. The summed E-state index contributed by atoms with van der Waals surface area (Å²) < 4.78 is 5.82. The number of aliphatic hydroxyl groups excluding tert-OH is 1. The van der Waals surface area contributed by atoms with Crippen LogP contribution in [0.3, 0.4) is 0 Å². The summed E-state index contributed by atoms with van der Waals surface area (Å²) in [4.78, 5) is 30.5. The molecule has 1 amide bonds. The third-order valence-corrected chi connectivity index (χ3v) is 5.17. The number of hydrogen-bond acceptors (Lipinski definition) is 5. The van der Waals surface area contributed by atoms with Crippen molar-refractivity contribution >= 4 is 17.4 Å². The number of nitrogens with zero attached hydrogens (tertiary/aromatic N) is 1. The van der Waals surface area contributed by atoms with Gasteiger partial charge in [-0.15, -0.1) is 0 Å². The summed E-state index contributed by atoms with van der Waals surface area (Å²) in [5.41, 5.74) is 0.372. The zero-order valence-electron chi connectivity index (χ0n) is 12.2. The third-order valence-electron chi connectivity index (χ3n) is 5.17. The van der Waals surface area contributed by atoms with Crippen LogP contribution in [0.1, 0.15) is 18.4 Å². The van der Waals surface area contributed by atoms with E-state index in [2.05, 4.69) is 0 Å². The van der Waals surface area contributed by atoms with E-state index in [1.807, 2.05) is 18.2 Å². The fraction of sp³-hybridized carbons (Fsp3) is 0.500. The summed E-state index contributed by atoms with van der Waals surface area (Å²) in [7, 11) is 1.43. The Hall–Kier alpha value is -1.76. The Labute approximate surface area is 127 Å². The van der Waals surface area contributed by atoms with Crippen molar-refractivity contribution < 1.29 is 24.3 Å². The Morgan fingerprint density at radius 1 is 1.36 bits per heavy atom. The van der Waals surface area contributed by atoms with Crippen LogP contribution in [0.15, 0.2) is 24.3 Å². The van der Waals surface area contributed by atoms with Gasteiger partial charge in [-0.25, -0.2) is 0 Å². The van der Waals surface area contributed by atoms with E-state index in [1.54, 1.807) is 6.07 Å². The van der Waals surface area contributed by atoms with Crippen molar-refractivity contribution in [1.29, 1.82) is 0 Å². The average molecular weight is 303 g/mol. The van der Waals surface area contributed by atoms with Crippen molar-refractivity contribution in [2.45, 2.75) is 30.5 Å². The van der Waals surface area contributed by atoms with Gasteiger partial charge in [0.2, 0.25) is 0 Å². The minimum atomic E-state index is -1.05. The molecule has 3 heterocycles. The molecule has 4 atom stereocenters. The molecule has 116 valence electrons. The van der Waals surface area contributed by atoms with Crippen LogP contribution in [0, 0.1) is 5.92 Å². The summed E-state index contributed by atoms with van der Waals surface area (Å²) in [5, 5.41) is 11.7. The third kappa shape index (κ3) is 1.54. The second-order valence-electron chi connectivity index (χ2n) is 6.14. The maximum Gasteiger partial charge on any atom is 0.264 e. The molecule has 6 heteroatoms. The van der Waals surface area contributed by atoms with Crippen LogP contribution in [0.2, 0.25) is 0 Å². The first-order chi connectivity index (χ1) is 10.6. The number of anilines is 1. The highest BCUT2D eigenvalue weighted by atomic mass is 16.7. The summed E-state index contributed by atoms with van der Waals surface area (Å²) in [6.07, 6.45) is -1.10. The van der Waals surface area contributed by atoms with E-state index in [0.29, 0.717) is 5.69 Å². The van der Waals surface area contributed by atoms with Crippen LogP contribution in [-0.2, 0) is 24.6 Å². The van der Waals surface area contributed by atoms with Crippen molar-refractivity contribution in [3.63, 3.8) is 0 Å². The number of ketones is 1. The molecule has 2 bridgehead atoms. The topological polar surface area (TPSA) is 76.1 Å². The van der Waals surface area contributed by atoms with Crippen molar-refractivity contribution in [2.75, 3.05) is 18.8 Å². The highest BCUT2D eigenvalue weighted by Gasteiger charge is 2.62. The summed E-state index contributed by atoms with van der Waals surface area (Å²) in [6, 6.07) is 7.33. The maximum atomic E-state index is 13.1. The number of fused-ring (bicyclic) bond motifs is 4. The molecule has 3 aliphatic heterocycles. The standard InChI is InChI=1S/C16H17NO5/c1-21-17-11-5-3-2-4-10(11)16(15(17)20)7-13(19)9-8-22-14(16)6-12(9)18/h2-5,9,13-14,19H,6-8H2,1H3/t9?,13-,14?,16-/m0/s1. The Morgan fingerprint density at radius 2 is 2.14 bits per heavy atom. The second kappa shape index (κ2) is 4.62. The minimum Gasteiger partial charge on any atom is -0.392 e. The summed E-state index contributed by atoms with van der Waals surface area (Å²) in [6.45, 7) is 0.175. The molecule has 1 saturated carbocycles. The molecule has 1 N–H and O–H groups in total. The zero-order chi connectivity index (χ0) is 15.5. The van der Waals surface area contributed by atoms with Gasteiger partial charge in [-0.2, -0.15) is 5.06 Å². The monoisotopic (exact) mass is 303 g/mol. The lowest BCUT2D eigenvalue weighted by atomic mass is 9.73. The lowest BCUT2D eigenvalue weighted by Gasteiger charge is -2.34. The number of benzene rings is 1. The number of hydroxylamine groups is 1. The molecular weight excluding hydrogens is 286 g/mol. The molecule has 3 fully saturated rings. The number of Topliss-reactive ketones (excluding diaryl/α,β-unsaturated/α-hetero) is 1. The molecule has 1 aliphatic carbocycles. The molecule has 5 rings (SSSR count). The van der Waals surface area contributed by atoms with Gasteiger partial charge >= 0.3 is 0 Å². The van der Waals surface area contributed by atoms with Gasteiger partial charge in [-0.05, 0) is 18.1 Å². The molecule has 1 aromatic carbocycles. The Bertz CT molecular complexity index is 660. The molecule has 1 spiro atoms. The predicted octanol–water partition coefficient (Wildman–Crippen LogP) is 0.571. The molecular formula is C16H17NO5. The van der Waals surface area contributed by atoms with Gasteiger partial charge in [0.1, 0.15) is 11.2 Å². The number of carbonyl (C=O) groups is 2. The number of hydrogen-bond donors (Lipinski definition) is 1. The quantitative estimate of drug-likeness (QED) is 0.821. The fourth-order valence-corrected chi connectivity index (χ4v) is 4.07. The Morgan fingerprint density at radius 3 is 2.86 bits per heavy atom. The highest BCUT2D eigenvalue weighted by molar-refractivity contribution is 6.08. The van der Waals surface area contributed by atoms with Crippen LogP contribution in [-0.4, -0.2) is 42.7 Å². The van der Waals surface area contributed by atoms with Gasteiger partial charge < -0.3 is 9.84 Å². The molecule has 4 aliphatic rings. The molecule has 6 nitrogen and oxygen atoms in total. The van der Waals surface area contributed by atoms with Crippen LogP contribution in [0.25, 0.3) is 0 Å². The van der Waals surface area contributed by atoms with E-state index >= 15 is 0 Å². The fourth-order valence-electron chi connectivity index (χ4n) is 4.07. The number of ether oxygens (including phenoxy) is 1. The Kier molecular flexibility index (Phi) is 2.91. The first-order valence-corrected chi connectivity index (χ1v) is 7.40. The Balaban J connectivity index is 1.93. The van der Waals surface area contributed by atoms with Gasteiger partial charge in [0.15, 0.2) is 0 Å². The van der Waals surface area contributed by atoms with Crippen LogP contribution in [0.5, 0.6) is 0 Å². The van der Waals surface area contributed by atoms with Crippen molar-refractivity contribution in [1.82, 2.24) is 0 Å². The molecule has 2 saturated heterocycles. The highest BCUT2D eigenvalue weighted by Crippen LogP contribution is 2.52. The molecule has 1 aromatic rings. The number of para-hydroxylation sites is 1. The predicted molar refractivity (Wildman–Crippen MR) is 76.1 cm³/mol. The molecule has 2 unspecified atom stereocenters. The maximum absolute atomic E-state index is 13.1.